The predicted octanol–water partition coefficient (Wildman–Crippen LogP) is 3.74. The van der Waals surface area contributed by atoms with Gasteiger partial charge in [-0.1, -0.05) is 25.4 Å². The van der Waals surface area contributed by atoms with Crippen LogP contribution < -0.4 is 0 Å². The quantitative estimate of drug-likeness (QED) is 0.837. The van der Waals surface area contributed by atoms with Crippen molar-refractivity contribution in [2.45, 2.75) is 45.7 Å². The van der Waals surface area contributed by atoms with Crippen LogP contribution in [-0.4, -0.2) is 33.6 Å². The maximum absolute atomic E-state index is 6.43. The van der Waals surface area contributed by atoms with E-state index >= 15 is 0 Å². The van der Waals surface area contributed by atoms with E-state index in [2.05, 4.69) is 28.3 Å². The number of aromatic nitrogens is 2. The minimum Gasteiger partial charge on any atom is -0.329 e. The van der Waals surface area contributed by atoms with Crippen molar-refractivity contribution in [2.75, 3.05) is 13.1 Å². The third-order valence-electron chi connectivity index (χ3n) is 4.21. The Morgan fingerprint density at radius 1 is 1.30 bits per heavy atom. The van der Waals surface area contributed by atoms with E-state index < -0.39 is 0 Å². The van der Waals surface area contributed by atoms with Crippen LogP contribution in [0.4, 0.5) is 0 Å². The highest BCUT2D eigenvalue weighted by Crippen LogP contribution is 2.31. The van der Waals surface area contributed by atoms with Crippen molar-refractivity contribution >= 4 is 22.6 Å². The van der Waals surface area contributed by atoms with Crippen molar-refractivity contribution in [1.29, 1.82) is 0 Å². The highest BCUT2D eigenvalue weighted by molar-refractivity contribution is 6.32. The normalized spacial score (nSPS) is 18.1. The lowest BCUT2D eigenvalue weighted by Crippen LogP contribution is -2.42. The SMILES string of the molecule is CCCN(CCC)C1Cc2c(Cl)ccc3ncn(c23)C1. The Balaban J connectivity index is 1.95. The molecule has 1 aromatic carbocycles. The number of hydrogen-bond acceptors (Lipinski definition) is 2. The molecule has 0 aliphatic carbocycles. The van der Waals surface area contributed by atoms with Gasteiger partial charge in [0, 0.05) is 17.6 Å². The maximum atomic E-state index is 6.43. The lowest BCUT2D eigenvalue weighted by atomic mass is 9.98. The topological polar surface area (TPSA) is 21.1 Å². The van der Waals surface area contributed by atoms with Gasteiger partial charge in [-0.15, -0.1) is 0 Å². The van der Waals surface area contributed by atoms with E-state index in [-0.39, 0.29) is 0 Å². The first-order valence-electron chi connectivity index (χ1n) is 7.60. The first kappa shape index (κ1) is 13.9. The second kappa shape index (κ2) is 5.74. The predicted molar refractivity (Wildman–Crippen MR) is 84.4 cm³/mol. The maximum Gasteiger partial charge on any atom is 0.0958 e. The van der Waals surface area contributed by atoms with Crippen LogP contribution in [0.1, 0.15) is 32.3 Å². The summed E-state index contributed by atoms with van der Waals surface area (Å²) >= 11 is 6.43. The Morgan fingerprint density at radius 3 is 2.75 bits per heavy atom. The molecule has 0 bridgehead atoms. The van der Waals surface area contributed by atoms with Crippen LogP contribution in [0.3, 0.4) is 0 Å². The molecule has 1 aliphatic rings. The minimum atomic E-state index is 0.541. The van der Waals surface area contributed by atoms with Gasteiger partial charge in [0.15, 0.2) is 0 Å². The number of hydrogen-bond donors (Lipinski definition) is 0. The molecule has 0 N–H and O–H groups in total. The smallest absolute Gasteiger partial charge is 0.0958 e. The van der Waals surface area contributed by atoms with E-state index in [0.29, 0.717) is 6.04 Å². The molecular weight excluding hydrogens is 270 g/mol. The number of imidazole rings is 1. The molecule has 108 valence electrons. The third kappa shape index (κ3) is 2.33. The molecule has 0 saturated carbocycles. The van der Waals surface area contributed by atoms with Crippen LogP contribution >= 0.6 is 11.6 Å². The van der Waals surface area contributed by atoms with Crippen LogP contribution in [-0.2, 0) is 13.0 Å². The second-order valence-corrected chi connectivity index (χ2v) is 6.09. The zero-order chi connectivity index (χ0) is 14.1. The Bertz CT molecular complexity index is 599. The molecule has 0 amide bonds. The molecule has 20 heavy (non-hydrogen) atoms. The molecule has 3 nitrogen and oxygen atoms in total. The summed E-state index contributed by atoms with van der Waals surface area (Å²) in [6.07, 6.45) is 5.41. The van der Waals surface area contributed by atoms with E-state index in [0.717, 1.165) is 36.6 Å². The van der Waals surface area contributed by atoms with E-state index in [4.69, 9.17) is 11.6 Å². The van der Waals surface area contributed by atoms with Gasteiger partial charge in [0.1, 0.15) is 0 Å². The molecule has 2 aromatic rings. The molecular formula is C16H22ClN3. The molecule has 1 unspecified atom stereocenters. The Kier molecular flexibility index (Phi) is 3.99. The Morgan fingerprint density at radius 2 is 2.05 bits per heavy atom. The van der Waals surface area contributed by atoms with Crippen molar-refractivity contribution < 1.29 is 0 Å². The average molecular weight is 292 g/mol. The van der Waals surface area contributed by atoms with Crippen molar-refractivity contribution in [1.82, 2.24) is 14.5 Å². The molecule has 4 heteroatoms. The summed E-state index contributed by atoms with van der Waals surface area (Å²) in [4.78, 5) is 7.11. The number of benzene rings is 1. The fourth-order valence-electron chi connectivity index (χ4n) is 3.37. The molecule has 0 radical (unpaired) electrons. The Labute approximate surface area is 125 Å². The van der Waals surface area contributed by atoms with Gasteiger partial charge >= 0.3 is 0 Å². The summed E-state index contributed by atoms with van der Waals surface area (Å²) in [5, 5.41) is 0.886. The van der Waals surface area contributed by atoms with E-state index in [1.807, 2.05) is 18.5 Å². The summed E-state index contributed by atoms with van der Waals surface area (Å²) in [5.74, 6) is 0. The second-order valence-electron chi connectivity index (χ2n) is 5.68. The average Bonchev–Trinajstić information content (AvgIpc) is 2.86. The van der Waals surface area contributed by atoms with Gasteiger partial charge < -0.3 is 4.57 Å². The van der Waals surface area contributed by atoms with Crippen molar-refractivity contribution in [2.24, 2.45) is 0 Å². The van der Waals surface area contributed by atoms with Crippen molar-refractivity contribution in [3.05, 3.63) is 29.0 Å². The molecule has 1 aromatic heterocycles. The van der Waals surface area contributed by atoms with Gasteiger partial charge in [-0.05, 0) is 50.0 Å². The van der Waals surface area contributed by atoms with Crippen LogP contribution in [0.2, 0.25) is 5.02 Å². The standard InChI is InChI=1S/C16H22ClN3/c1-3-7-19(8-4-2)12-9-13-14(17)5-6-15-16(13)20(10-12)11-18-15/h5-6,11-12H,3-4,7-10H2,1-2H3. The van der Waals surface area contributed by atoms with Crippen LogP contribution in [0.5, 0.6) is 0 Å². The number of halogens is 1. The highest BCUT2D eigenvalue weighted by atomic mass is 35.5. The fourth-order valence-corrected chi connectivity index (χ4v) is 3.60. The largest absolute Gasteiger partial charge is 0.329 e. The lowest BCUT2D eigenvalue weighted by Gasteiger charge is -2.35. The fraction of sp³-hybridized carbons (Fsp3) is 0.562. The van der Waals surface area contributed by atoms with E-state index in [9.17, 15) is 0 Å². The molecule has 0 spiro atoms. The summed E-state index contributed by atoms with van der Waals surface area (Å²) < 4.78 is 2.28. The zero-order valence-electron chi connectivity index (χ0n) is 12.3. The monoisotopic (exact) mass is 291 g/mol. The molecule has 3 rings (SSSR count). The Hall–Kier alpha value is -1.06. The van der Waals surface area contributed by atoms with Crippen LogP contribution in [0.25, 0.3) is 11.0 Å². The van der Waals surface area contributed by atoms with Gasteiger partial charge in [0.25, 0.3) is 0 Å². The third-order valence-corrected chi connectivity index (χ3v) is 4.57. The van der Waals surface area contributed by atoms with Gasteiger partial charge in [-0.3, -0.25) is 4.90 Å². The molecule has 1 atom stereocenters. The van der Waals surface area contributed by atoms with Gasteiger partial charge in [0.2, 0.25) is 0 Å². The van der Waals surface area contributed by atoms with Crippen molar-refractivity contribution in [3.8, 4) is 0 Å². The highest BCUT2D eigenvalue weighted by Gasteiger charge is 2.26. The first-order valence-corrected chi connectivity index (χ1v) is 7.98. The van der Waals surface area contributed by atoms with Crippen molar-refractivity contribution in [3.63, 3.8) is 0 Å². The summed E-state index contributed by atoms with van der Waals surface area (Å²) in [7, 11) is 0. The molecule has 0 saturated heterocycles. The summed E-state index contributed by atoms with van der Waals surface area (Å²) in [5.41, 5.74) is 3.58. The van der Waals surface area contributed by atoms with Crippen LogP contribution in [0.15, 0.2) is 18.5 Å². The van der Waals surface area contributed by atoms with Gasteiger partial charge in [-0.2, -0.15) is 0 Å². The number of rotatable bonds is 5. The first-order chi connectivity index (χ1) is 9.74. The molecule has 0 fully saturated rings. The van der Waals surface area contributed by atoms with E-state index in [1.54, 1.807) is 0 Å². The zero-order valence-corrected chi connectivity index (χ0v) is 13.0. The minimum absolute atomic E-state index is 0.541. The lowest BCUT2D eigenvalue weighted by molar-refractivity contribution is 0.174. The molecule has 2 heterocycles. The van der Waals surface area contributed by atoms with E-state index in [1.165, 1.54) is 23.9 Å². The van der Waals surface area contributed by atoms with Gasteiger partial charge in [-0.25, -0.2) is 4.98 Å². The summed E-state index contributed by atoms with van der Waals surface area (Å²) in [6.45, 7) is 7.86. The van der Waals surface area contributed by atoms with Crippen LogP contribution in [0, 0.1) is 0 Å². The number of nitrogens with zero attached hydrogens (tertiary/aromatic N) is 3. The molecule has 1 aliphatic heterocycles. The van der Waals surface area contributed by atoms with Gasteiger partial charge in [0.05, 0.1) is 17.4 Å². The summed E-state index contributed by atoms with van der Waals surface area (Å²) in [6, 6.07) is 4.55.